The Labute approximate surface area is 115 Å². The largest absolute Gasteiger partial charge is 0.376 e. The highest BCUT2D eigenvalue weighted by atomic mass is 19.1. The highest BCUT2D eigenvalue weighted by molar-refractivity contribution is 5.81. The molecule has 6 heteroatoms. The van der Waals surface area contributed by atoms with Crippen molar-refractivity contribution in [1.82, 2.24) is 10.2 Å². The van der Waals surface area contributed by atoms with Gasteiger partial charge in [0.1, 0.15) is 17.8 Å². The molecule has 0 aromatic heterocycles. The van der Waals surface area contributed by atoms with Crippen LogP contribution < -0.4 is 5.32 Å². The number of nitrogens with zero attached hydrogens (tertiary/aromatic N) is 1. The zero-order valence-corrected chi connectivity index (χ0v) is 11.1. The van der Waals surface area contributed by atoms with E-state index in [-0.39, 0.29) is 30.2 Å². The zero-order chi connectivity index (χ0) is 14.3. The molecule has 0 saturated carbocycles. The second-order valence-electron chi connectivity index (χ2n) is 5.18. The third kappa shape index (κ3) is 2.19. The first-order valence-electron chi connectivity index (χ1n) is 6.69. The number of halogens is 2. The second-order valence-corrected chi connectivity index (χ2v) is 5.18. The van der Waals surface area contributed by atoms with E-state index in [1.165, 1.54) is 12.1 Å². The van der Waals surface area contributed by atoms with Gasteiger partial charge in [-0.05, 0) is 25.5 Å². The van der Waals surface area contributed by atoms with Crippen LogP contribution in [-0.2, 0) is 9.53 Å². The Morgan fingerprint density at radius 2 is 2.20 bits per heavy atom. The number of carbonyl (C=O) groups excluding carboxylic acids is 1. The number of hydrogen-bond donors (Lipinski definition) is 1. The molecule has 3 atom stereocenters. The minimum absolute atomic E-state index is 0.0769. The molecule has 2 fully saturated rings. The molecular weight excluding hydrogens is 266 g/mol. The molecular formula is C14H16F2N2O2. The summed E-state index contributed by atoms with van der Waals surface area (Å²) in [7, 11) is 0. The predicted octanol–water partition coefficient (Wildman–Crippen LogP) is 1.57. The molecule has 3 unspecified atom stereocenters. The molecule has 2 aliphatic heterocycles. The Morgan fingerprint density at radius 3 is 2.85 bits per heavy atom. The number of ether oxygens (including phenoxy) is 1. The summed E-state index contributed by atoms with van der Waals surface area (Å²) in [5, 5.41) is 2.99. The van der Waals surface area contributed by atoms with Crippen LogP contribution >= 0.6 is 0 Å². The highest BCUT2D eigenvalue weighted by Crippen LogP contribution is 2.32. The van der Waals surface area contributed by atoms with Gasteiger partial charge in [0, 0.05) is 18.2 Å². The van der Waals surface area contributed by atoms with Gasteiger partial charge in [-0.1, -0.05) is 0 Å². The molecule has 1 aromatic rings. The van der Waals surface area contributed by atoms with E-state index >= 15 is 0 Å². The molecule has 3 rings (SSSR count). The van der Waals surface area contributed by atoms with E-state index in [4.69, 9.17) is 4.74 Å². The molecule has 2 heterocycles. The van der Waals surface area contributed by atoms with E-state index in [9.17, 15) is 13.6 Å². The van der Waals surface area contributed by atoms with Crippen LogP contribution in [0.25, 0.3) is 0 Å². The third-order valence-electron chi connectivity index (χ3n) is 3.96. The summed E-state index contributed by atoms with van der Waals surface area (Å²) in [5.41, 5.74) is 0.288. The Morgan fingerprint density at radius 1 is 1.40 bits per heavy atom. The fourth-order valence-electron chi connectivity index (χ4n) is 2.96. The minimum atomic E-state index is -0.645. The normalized spacial score (nSPS) is 30.2. The molecule has 0 bridgehead atoms. The van der Waals surface area contributed by atoms with Gasteiger partial charge in [-0.2, -0.15) is 0 Å². The van der Waals surface area contributed by atoms with E-state index in [1.807, 2.05) is 6.92 Å². The van der Waals surface area contributed by atoms with Gasteiger partial charge >= 0.3 is 0 Å². The summed E-state index contributed by atoms with van der Waals surface area (Å²) in [6.45, 7) is 2.65. The fourth-order valence-corrected chi connectivity index (χ4v) is 2.96. The van der Waals surface area contributed by atoms with Crippen LogP contribution in [0.4, 0.5) is 8.78 Å². The standard InChI is InChI=1S/C14H16F2N2O2/c1-8-12(4-5-20-8)18-13(19)7-17-14(18)10-3-2-9(15)6-11(10)16/h2-3,6,8,12,14,17H,4-5,7H2,1H3. The van der Waals surface area contributed by atoms with Crippen molar-refractivity contribution in [3.63, 3.8) is 0 Å². The van der Waals surface area contributed by atoms with Gasteiger partial charge in [0.15, 0.2) is 0 Å². The lowest BCUT2D eigenvalue weighted by atomic mass is 10.1. The van der Waals surface area contributed by atoms with Crippen molar-refractivity contribution in [1.29, 1.82) is 0 Å². The smallest absolute Gasteiger partial charge is 0.238 e. The van der Waals surface area contributed by atoms with Gasteiger partial charge in [-0.15, -0.1) is 0 Å². The molecule has 0 radical (unpaired) electrons. The van der Waals surface area contributed by atoms with Crippen molar-refractivity contribution in [2.24, 2.45) is 0 Å². The molecule has 2 saturated heterocycles. The van der Waals surface area contributed by atoms with Crippen LogP contribution in [0.1, 0.15) is 25.1 Å². The Balaban J connectivity index is 1.93. The summed E-state index contributed by atoms with van der Waals surface area (Å²) in [5.74, 6) is -1.35. The lowest BCUT2D eigenvalue weighted by molar-refractivity contribution is -0.131. The first kappa shape index (κ1) is 13.5. The molecule has 0 aliphatic carbocycles. The number of carbonyl (C=O) groups is 1. The monoisotopic (exact) mass is 282 g/mol. The van der Waals surface area contributed by atoms with E-state index in [2.05, 4.69) is 5.32 Å². The molecule has 20 heavy (non-hydrogen) atoms. The minimum Gasteiger partial charge on any atom is -0.376 e. The molecule has 1 aromatic carbocycles. The van der Waals surface area contributed by atoms with Crippen LogP contribution in [0.2, 0.25) is 0 Å². The molecule has 108 valence electrons. The fraction of sp³-hybridized carbons (Fsp3) is 0.500. The summed E-state index contributed by atoms with van der Waals surface area (Å²) in [6.07, 6.45) is 0.0931. The Bertz CT molecular complexity index is 538. The molecule has 0 spiro atoms. The van der Waals surface area contributed by atoms with Gasteiger partial charge in [0.2, 0.25) is 5.91 Å². The first-order chi connectivity index (χ1) is 9.58. The zero-order valence-electron chi connectivity index (χ0n) is 11.1. The topological polar surface area (TPSA) is 41.6 Å². The number of nitrogens with one attached hydrogen (secondary N) is 1. The predicted molar refractivity (Wildman–Crippen MR) is 67.8 cm³/mol. The van der Waals surface area contributed by atoms with E-state index < -0.39 is 17.8 Å². The summed E-state index contributed by atoms with van der Waals surface area (Å²) >= 11 is 0. The van der Waals surface area contributed by atoms with Gasteiger partial charge in [-0.25, -0.2) is 8.78 Å². The summed E-state index contributed by atoms with van der Waals surface area (Å²) in [6, 6.07) is 3.35. The average Bonchev–Trinajstić information content (AvgIpc) is 2.96. The second kappa shape index (κ2) is 5.10. The maximum absolute atomic E-state index is 13.9. The van der Waals surface area contributed by atoms with Crippen LogP contribution in [0.5, 0.6) is 0 Å². The Hall–Kier alpha value is -1.53. The quantitative estimate of drug-likeness (QED) is 0.895. The lowest BCUT2D eigenvalue weighted by Crippen LogP contribution is -2.43. The summed E-state index contributed by atoms with van der Waals surface area (Å²) < 4.78 is 32.4. The van der Waals surface area contributed by atoms with Gasteiger partial charge in [-0.3, -0.25) is 10.1 Å². The molecule has 4 nitrogen and oxygen atoms in total. The maximum atomic E-state index is 13.9. The third-order valence-corrected chi connectivity index (χ3v) is 3.96. The van der Waals surface area contributed by atoms with Crippen LogP contribution in [0.3, 0.4) is 0 Å². The van der Waals surface area contributed by atoms with Gasteiger partial charge in [0.25, 0.3) is 0 Å². The van der Waals surface area contributed by atoms with Crippen molar-refractivity contribution in [3.8, 4) is 0 Å². The van der Waals surface area contributed by atoms with E-state index in [1.54, 1.807) is 4.90 Å². The SMILES string of the molecule is CC1OCCC1N1C(=O)CNC1c1ccc(F)cc1F. The lowest BCUT2D eigenvalue weighted by Gasteiger charge is -2.32. The number of amides is 1. The number of hydrogen-bond acceptors (Lipinski definition) is 3. The molecule has 1 N–H and O–H groups in total. The maximum Gasteiger partial charge on any atom is 0.238 e. The van der Waals surface area contributed by atoms with Crippen molar-refractivity contribution < 1.29 is 18.3 Å². The van der Waals surface area contributed by atoms with Crippen LogP contribution in [-0.4, -0.2) is 36.1 Å². The highest BCUT2D eigenvalue weighted by Gasteiger charge is 2.42. The first-order valence-corrected chi connectivity index (χ1v) is 6.69. The molecule has 2 aliphatic rings. The van der Waals surface area contributed by atoms with Crippen LogP contribution in [0, 0.1) is 11.6 Å². The molecule has 1 amide bonds. The van der Waals surface area contributed by atoms with Gasteiger partial charge < -0.3 is 9.64 Å². The van der Waals surface area contributed by atoms with Crippen LogP contribution in [0.15, 0.2) is 18.2 Å². The summed E-state index contributed by atoms with van der Waals surface area (Å²) in [4.78, 5) is 13.7. The van der Waals surface area contributed by atoms with E-state index in [0.717, 1.165) is 12.5 Å². The van der Waals surface area contributed by atoms with Gasteiger partial charge in [0.05, 0.1) is 18.7 Å². The van der Waals surface area contributed by atoms with E-state index in [0.29, 0.717) is 6.61 Å². The van der Waals surface area contributed by atoms with Crippen molar-refractivity contribution in [2.75, 3.05) is 13.2 Å². The Kier molecular flexibility index (Phi) is 3.43. The average molecular weight is 282 g/mol. The van der Waals surface area contributed by atoms with Crippen molar-refractivity contribution in [2.45, 2.75) is 31.7 Å². The number of rotatable bonds is 2. The van der Waals surface area contributed by atoms with Crippen molar-refractivity contribution >= 4 is 5.91 Å². The van der Waals surface area contributed by atoms with Crippen molar-refractivity contribution in [3.05, 3.63) is 35.4 Å². The number of benzene rings is 1.